The maximum atomic E-state index is 13.4. The van der Waals surface area contributed by atoms with Gasteiger partial charge in [-0.05, 0) is 19.1 Å². The van der Waals surface area contributed by atoms with E-state index in [2.05, 4.69) is 9.97 Å². The van der Waals surface area contributed by atoms with Gasteiger partial charge in [-0.15, -0.1) is 0 Å². The second-order valence-electron chi connectivity index (χ2n) is 3.32. The largest absolute Gasteiger partial charge is 0.311 e. The number of hydrogen-bond donors (Lipinski definition) is 1. The molecule has 0 aliphatic heterocycles. The molecule has 0 bridgehead atoms. The molecular weight excluding hydrogens is 214 g/mol. The lowest BCUT2D eigenvalue weighted by Crippen LogP contribution is -2.09. The number of hydrogen-bond acceptors (Lipinski definition) is 2. The minimum absolute atomic E-state index is 0.0193. The fourth-order valence-corrected chi connectivity index (χ4v) is 1.42. The quantitative estimate of drug-likeness (QED) is 0.802. The number of aromatic nitrogens is 2. The second kappa shape index (κ2) is 3.84. The highest BCUT2D eigenvalue weighted by Crippen LogP contribution is 2.21. The van der Waals surface area contributed by atoms with Crippen LogP contribution < -0.4 is 5.56 Å². The number of aromatic amines is 1. The normalized spacial score (nSPS) is 10.4. The van der Waals surface area contributed by atoms with Crippen molar-refractivity contribution >= 4 is 0 Å². The molecule has 0 amide bonds. The Morgan fingerprint density at radius 3 is 2.75 bits per heavy atom. The highest BCUT2D eigenvalue weighted by molar-refractivity contribution is 5.59. The van der Waals surface area contributed by atoms with E-state index in [0.717, 1.165) is 12.1 Å². The van der Waals surface area contributed by atoms with Crippen molar-refractivity contribution in [1.29, 1.82) is 0 Å². The molecule has 1 N–H and O–H groups in total. The van der Waals surface area contributed by atoms with Gasteiger partial charge in [0.15, 0.2) is 11.6 Å². The van der Waals surface area contributed by atoms with Crippen LogP contribution in [0.5, 0.6) is 0 Å². The lowest BCUT2D eigenvalue weighted by Gasteiger charge is -2.03. The van der Waals surface area contributed by atoms with Crippen LogP contribution in [0.4, 0.5) is 8.78 Å². The van der Waals surface area contributed by atoms with Gasteiger partial charge < -0.3 is 4.98 Å². The lowest BCUT2D eigenvalue weighted by molar-refractivity contribution is 0.511. The van der Waals surface area contributed by atoms with E-state index in [-0.39, 0.29) is 11.3 Å². The molecule has 0 aliphatic carbocycles. The topological polar surface area (TPSA) is 45.8 Å². The van der Waals surface area contributed by atoms with E-state index in [1.807, 2.05) is 0 Å². The number of aryl methyl sites for hydroxylation is 1. The highest BCUT2D eigenvalue weighted by Gasteiger charge is 2.11. The Balaban J connectivity index is 2.67. The standard InChI is InChI=1S/C11H8F2N2O/c1-6-14-9(5-10(16)15-6)7-3-2-4-8(12)11(7)13/h2-5H,1H3,(H,14,15,16). The van der Waals surface area contributed by atoms with Crippen molar-refractivity contribution < 1.29 is 8.78 Å². The van der Waals surface area contributed by atoms with Crippen molar-refractivity contribution in [3.63, 3.8) is 0 Å². The van der Waals surface area contributed by atoms with Gasteiger partial charge in [-0.2, -0.15) is 0 Å². The Kier molecular flexibility index (Phi) is 2.52. The number of H-pyrrole nitrogens is 1. The fraction of sp³-hybridized carbons (Fsp3) is 0.0909. The Morgan fingerprint density at radius 1 is 1.31 bits per heavy atom. The van der Waals surface area contributed by atoms with Crippen molar-refractivity contribution in [2.45, 2.75) is 6.92 Å². The Labute approximate surface area is 89.8 Å². The predicted octanol–water partition coefficient (Wildman–Crippen LogP) is 2.02. The van der Waals surface area contributed by atoms with Gasteiger partial charge in [-0.3, -0.25) is 4.79 Å². The molecule has 0 fully saturated rings. The van der Waals surface area contributed by atoms with Gasteiger partial charge in [0.25, 0.3) is 5.56 Å². The summed E-state index contributed by atoms with van der Waals surface area (Å²) >= 11 is 0. The highest BCUT2D eigenvalue weighted by atomic mass is 19.2. The molecule has 0 saturated carbocycles. The molecule has 16 heavy (non-hydrogen) atoms. The van der Waals surface area contributed by atoms with Crippen LogP contribution in [0.15, 0.2) is 29.1 Å². The van der Waals surface area contributed by atoms with Crippen LogP contribution in [0.25, 0.3) is 11.3 Å². The minimum Gasteiger partial charge on any atom is -0.311 e. The van der Waals surface area contributed by atoms with Crippen LogP contribution in [0.3, 0.4) is 0 Å². The molecule has 0 radical (unpaired) electrons. The zero-order valence-corrected chi connectivity index (χ0v) is 8.42. The smallest absolute Gasteiger partial charge is 0.251 e. The zero-order valence-electron chi connectivity index (χ0n) is 8.42. The lowest BCUT2D eigenvalue weighted by atomic mass is 10.1. The summed E-state index contributed by atoms with van der Waals surface area (Å²) in [4.78, 5) is 17.5. The van der Waals surface area contributed by atoms with Crippen LogP contribution in [0.2, 0.25) is 0 Å². The fourth-order valence-electron chi connectivity index (χ4n) is 1.42. The van der Waals surface area contributed by atoms with Crippen LogP contribution in [0.1, 0.15) is 5.82 Å². The third-order valence-corrected chi connectivity index (χ3v) is 2.09. The molecule has 82 valence electrons. The molecule has 5 heteroatoms. The number of halogens is 2. The van der Waals surface area contributed by atoms with Crippen molar-refractivity contribution in [2.75, 3.05) is 0 Å². The van der Waals surface area contributed by atoms with Gasteiger partial charge in [0.1, 0.15) is 5.82 Å². The van der Waals surface area contributed by atoms with Crippen molar-refractivity contribution in [3.8, 4) is 11.3 Å². The van der Waals surface area contributed by atoms with Crippen LogP contribution in [-0.2, 0) is 0 Å². The van der Waals surface area contributed by atoms with Gasteiger partial charge in [-0.1, -0.05) is 6.07 Å². The van der Waals surface area contributed by atoms with Crippen LogP contribution in [-0.4, -0.2) is 9.97 Å². The summed E-state index contributed by atoms with van der Waals surface area (Å²) in [6, 6.07) is 4.88. The molecule has 0 spiro atoms. The minimum atomic E-state index is -1.00. The third-order valence-electron chi connectivity index (χ3n) is 2.09. The van der Waals surface area contributed by atoms with E-state index >= 15 is 0 Å². The average molecular weight is 222 g/mol. The molecule has 2 rings (SSSR count). The van der Waals surface area contributed by atoms with Crippen molar-refractivity contribution in [3.05, 3.63) is 52.1 Å². The van der Waals surface area contributed by atoms with Crippen molar-refractivity contribution in [2.24, 2.45) is 0 Å². The van der Waals surface area contributed by atoms with Gasteiger partial charge in [0, 0.05) is 11.6 Å². The Bertz CT molecular complexity index is 593. The number of rotatable bonds is 1. The first-order valence-electron chi connectivity index (χ1n) is 4.60. The molecule has 1 aromatic heterocycles. The predicted molar refractivity (Wildman–Crippen MR) is 54.9 cm³/mol. The van der Waals surface area contributed by atoms with E-state index in [4.69, 9.17) is 0 Å². The first-order valence-corrected chi connectivity index (χ1v) is 4.60. The summed E-state index contributed by atoms with van der Waals surface area (Å²) in [6.45, 7) is 1.57. The molecule has 0 saturated heterocycles. The summed E-state index contributed by atoms with van der Waals surface area (Å²) < 4.78 is 26.4. The van der Waals surface area contributed by atoms with Crippen molar-refractivity contribution in [1.82, 2.24) is 9.97 Å². The SMILES string of the molecule is Cc1nc(-c2cccc(F)c2F)cc(=O)[nH]1. The second-order valence-corrected chi connectivity index (χ2v) is 3.32. The van der Waals surface area contributed by atoms with Gasteiger partial charge in [-0.25, -0.2) is 13.8 Å². The maximum Gasteiger partial charge on any atom is 0.251 e. The molecule has 0 atom stereocenters. The van der Waals surface area contributed by atoms with E-state index in [0.29, 0.717) is 5.82 Å². The molecule has 1 aromatic carbocycles. The summed E-state index contributed by atoms with van der Waals surface area (Å²) in [5, 5.41) is 0. The number of nitrogens with one attached hydrogen (secondary N) is 1. The molecule has 0 unspecified atom stereocenters. The molecule has 1 heterocycles. The third kappa shape index (κ3) is 1.84. The van der Waals surface area contributed by atoms with E-state index < -0.39 is 17.2 Å². The van der Waals surface area contributed by atoms with Crippen LogP contribution in [0, 0.1) is 18.6 Å². The average Bonchev–Trinajstić information content (AvgIpc) is 2.20. The molecule has 2 aromatic rings. The van der Waals surface area contributed by atoms with Gasteiger partial charge in [0.2, 0.25) is 0 Å². The van der Waals surface area contributed by atoms with E-state index in [1.54, 1.807) is 6.92 Å². The molecule has 3 nitrogen and oxygen atoms in total. The summed E-state index contributed by atoms with van der Waals surface area (Å²) in [5.41, 5.74) is -0.293. The summed E-state index contributed by atoms with van der Waals surface area (Å²) in [5.74, 6) is -1.61. The number of benzene rings is 1. The maximum absolute atomic E-state index is 13.4. The summed E-state index contributed by atoms with van der Waals surface area (Å²) in [6.07, 6.45) is 0. The van der Waals surface area contributed by atoms with Gasteiger partial charge in [0.05, 0.1) is 5.69 Å². The number of nitrogens with zero attached hydrogens (tertiary/aromatic N) is 1. The van der Waals surface area contributed by atoms with Crippen LogP contribution >= 0.6 is 0 Å². The molecular formula is C11H8F2N2O. The zero-order chi connectivity index (χ0) is 11.7. The first kappa shape index (κ1) is 10.5. The van der Waals surface area contributed by atoms with E-state index in [9.17, 15) is 13.6 Å². The first-order chi connectivity index (χ1) is 7.58. The monoisotopic (exact) mass is 222 g/mol. The Hall–Kier alpha value is -2.04. The molecule has 0 aliphatic rings. The Morgan fingerprint density at radius 2 is 2.06 bits per heavy atom. The summed E-state index contributed by atoms with van der Waals surface area (Å²) in [7, 11) is 0. The van der Waals surface area contributed by atoms with E-state index in [1.165, 1.54) is 12.1 Å². The van der Waals surface area contributed by atoms with Gasteiger partial charge >= 0.3 is 0 Å².